The number of anilines is 1. The van der Waals surface area contributed by atoms with E-state index in [-0.39, 0.29) is 35.1 Å². The molecule has 6 nitrogen and oxygen atoms in total. The quantitative estimate of drug-likeness (QED) is 0.644. The van der Waals surface area contributed by atoms with Crippen LogP contribution in [0, 0.1) is 0 Å². The van der Waals surface area contributed by atoms with Gasteiger partial charge in [0.15, 0.2) is 10.9 Å². The first-order valence-electron chi connectivity index (χ1n) is 8.83. The first-order valence-corrected chi connectivity index (χ1v) is 9.81. The molecule has 1 aliphatic heterocycles. The molecule has 3 rings (SSSR count). The molecule has 0 bridgehead atoms. The number of Topliss-reactive ketones (excluding diaryl/α,β-unsaturated/α-hetero) is 1. The van der Waals surface area contributed by atoms with Crippen LogP contribution < -0.4 is 10.9 Å². The van der Waals surface area contributed by atoms with Crippen LogP contribution in [0.3, 0.4) is 0 Å². The Bertz CT molecular complexity index is 942. The molecule has 0 fully saturated rings. The van der Waals surface area contributed by atoms with Crippen molar-refractivity contribution < 1.29 is 9.59 Å². The minimum Gasteiger partial charge on any atom is -0.326 e. The lowest BCUT2D eigenvalue weighted by Gasteiger charge is -2.19. The summed E-state index contributed by atoms with van der Waals surface area (Å²) in [6.45, 7) is 7.56. The Morgan fingerprint density at radius 1 is 1.26 bits per heavy atom. The zero-order valence-corrected chi connectivity index (χ0v) is 16.7. The van der Waals surface area contributed by atoms with Crippen molar-refractivity contribution in [1.82, 2.24) is 9.55 Å². The molecule has 0 saturated heterocycles. The maximum atomic E-state index is 12.6. The van der Waals surface area contributed by atoms with E-state index in [0.717, 1.165) is 5.69 Å². The zero-order chi connectivity index (χ0) is 19.8. The number of aromatic nitrogens is 2. The van der Waals surface area contributed by atoms with Gasteiger partial charge in [0.1, 0.15) is 0 Å². The van der Waals surface area contributed by atoms with Crippen LogP contribution in [0.25, 0.3) is 0 Å². The van der Waals surface area contributed by atoms with Crippen LogP contribution in [0.4, 0.5) is 5.69 Å². The van der Waals surface area contributed by atoms with E-state index in [0.29, 0.717) is 22.2 Å². The Kier molecular flexibility index (Phi) is 5.24. The number of amides is 1. The van der Waals surface area contributed by atoms with Crippen molar-refractivity contribution in [3.8, 4) is 0 Å². The molecular formula is C20H23N3O3S. The Labute approximate surface area is 162 Å². The van der Waals surface area contributed by atoms with E-state index in [2.05, 4.69) is 10.3 Å². The van der Waals surface area contributed by atoms with Crippen LogP contribution in [0.1, 0.15) is 56.2 Å². The molecule has 2 heterocycles. The van der Waals surface area contributed by atoms with Crippen molar-refractivity contribution in [3.05, 3.63) is 51.9 Å². The topological polar surface area (TPSA) is 81.1 Å². The van der Waals surface area contributed by atoms with Crippen LogP contribution in [0.15, 0.2) is 40.3 Å². The second kappa shape index (κ2) is 7.31. The molecule has 1 aromatic heterocycles. The van der Waals surface area contributed by atoms with E-state index in [4.69, 9.17) is 0 Å². The van der Waals surface area contributed by atoms with Gasteiger partial charge >= 0.3 is 0 Å². The van der Waals surface area contributed by atoms with Gasteiger partial charge in [-0.05, 0) is 31.2 Å². The molecule has 1 unspecified atom stereocenters. The molecule has 1 atom stereocenters. The normalized spacial score (nSPS) is 16.1. The highest BCUT2D eigenvalue weighted by Crippen LogP contribution is 2.33. The van der Waals surface area contributed by atoms with Gasteiger partial charge in [-0.25, -0.2) is 4.98 Å². The number of ketones is 1. The van der Waals surface area contributed by atoms with Gasteiger partial charge in [-0.2, -0.15) is 0 Å². The molecule has 0 saturated carbocycles. The van der Waals surface area contributed by atoms with Gasteiger partial charge in [0.2, 0.25) is 5.91 Å². The first-order chi connectivity index (χ1) is 12.6. The molecular weight excluding hydrogens is 362 g/mol. The van der Waals surface area contributed by atoms with Gasteiger partial charge in [-0.3, -0.25) is 19.0 Å². The highest BCUT2D eigenvalue weighted by molar-refractivity contribution is 7.99. The lowest BCUT2D eigenvalue weighted by molar-refractivity contribution is -0.116. The van der Waals surface area contributed by atoms with Crippen LogP contribution in [0.2, 0.25) is 0 Å². The van der Waals surface area contributed by atoms with Gasteiger partial charge in [0.05, 0.1) is 11.7 Å². The largest absolute Gasteiger partial charge is 0.326 e. The molecule has 2 aromatic rings. The minimum absolute atomic E-state index is 0.0195. The van der Waals surface area contributed by atoms with Crippen LogP contribution in [0.5, 0.6) is 0 Å². The summed E-state index contributed by atoms with van der Waals surface area (Å²) in [6.07, 6.45) is 0.199. The molecule has 142 valence electrons. The standard InChI is InChI=1S/C20H23N3O3S/c1-12(24)13-5-7-14(8-6-13)21-17(25)9-15-11-27-19-22-16(20(2,3)4)10-18(26)23(15)19/h5-8,10,15H,9,11H2,1-4H3,(H,21,25). The van der Waals surface area contributed by atoms with E-state index in [1.807, 2.05) is 20.8 Å². The lowest BCUT2D eigenvalue weighted by Crippen LogP contribution is -2.29. The molecule has 1 N–H and O–H groups in total. The number of benzene rings is 1. The van der Waals surface area contributed by atoms with Gasteiger partial charge in [0, 0.05) is 34.9 Å². The summed E-state index contributed by atoms with van der Waals surface area (Å²) in [4.78, 5) is 40.9. The minimum atomic E-state index is -0.212. The van der Waals surface area contributed by atoms with Crippen molar-refractivity contribution in [2.24, 2.45) is 0 Å². The van der Waals surface area contributed by atoms with Crippen molar-refractivity contribution in [2.45, 2.75) is 50.7 Å². The summed E-state index contributed by atoms with van der Waals surface area (Å²) in [5, 5.41) is 3.50. The van der Waals surface area contributed by atoms with Crippen molar-refractivity contribution >= 4 is 29.1 Å². The van der Waals surface area contributed by atoms with Crippen molar-refractivity contribution in [3.63, 3.8) is 0 Å². The van der Waals surface area contributed by atoms with Gasteiger partial charge < -0.3 is 5.32 Å². The Hall–Kier alpha value is -2.41. The van der Waals surface area contributed by atoms with E-state index in [9.17, 15) is 14.4 Å². The van der Waals surface area contributed by atoms with E-state index in [1.165, 1.54) is 18.7 Å². The third kappa shape index (κ3) is 4.30. The fourth-order valence-electron chi connectivity index (χ4n) is 2.90. The maximum Gasteiger partial charge on any atom is 0.254 e. The number of rotatable bonds is 4. The molecule has 0 spiro atoms. The van der Waals surface area contributed by atoms with Crippen LogP contribution >= 0.6 is 11.8 Å². The summed E-state index contributed by atoms with van der Waals surface area (Å²) in [5.74, 6) is 0.455. The molecule has 1 aliphatic rings. The first kappa shape index (κ1) is 19.4. The monoisotopic (exact) mass is 385 g/mol. The summed E-state index contributed by atoms with van der Waals surface area (Å²) in [5.41, 5.74) is 1.68. The molecule has 0 aliphatic carbocycles. The lowest BCUT2D eigenvalue weighted by atomic mass is 9.92. The van der Waals surface area contributed by atoms with Gasteiger partial charge in [-0.1, -0.05) is 32.5 Å². The molecule has 7 heteroatoms. The second-order valence-electron chi connectivity index (χ2n) is 7.73. The number of hydrogen-bond acceptors (Lipinski definition) is 5. The van der Waals surface area contributed by atoms with E-state index >= 15 is 0 Å². The van der Waals surface area contributed by atoms with Crippen molar-refractivity contribution in [1.29, 1.82) is 0 Å². The Balaban J connectivity index is 1.72. The third-order valence-electron chi connectivity index (χ3n) is 4.45. The average molecular weight is 385 g/mol. The highest BCUT2D eigenvalue weighted by Gasteiger charge is 2.29. The number of carbonyl (C=O) groups excluding carboxylic acids is 2. The number of carbonyl (C=O) groups is 2. The summed E-state index contributed by atoms with van der Waals surface area (Å²) in [7, 11) is 0. The smallest absolute Gasteiger partial charge is 0.254 e. The predicted octanol–water partition coefficient (Wildman–Crippen LogP) is 3.42. The zero-order valence-electron chi connectivity index (χ0n) is 15.9. The number of fused-ring (bicyclic) bond motifs is 1. The molecule has 27 heavy (non-hydrogen) atoms. The summed E-state index contributed by atoms with van der Waals surface area (Å²) < 4.78 is 1.62. The average Bonchev–Trinajstić information content (AvgIpc) is 2.97. The van der Waals surface area contributed by atoms with E-state index < -0.39 is 0 Å². The molecule has 0 radical (unpaired) electrons. The number of thioether (sulfide) groups is 1. The number of nitrogens with one attached hydrogen (secondary N) is 1. The predicted molar refractivity (Wildman–Crippen MR) is 107 cm³/mol. The summed E-state index contributed by atoms with van der Waals surface area (Å²) >= 11 is 1.51. The third-order valence-corrected chi connectivity index (χ3v) is 5.55. The van der Waals surface area contributed by atoms with Crippen LogP contribution in [-0.2, 0) is 10.2 Å². The SMILES string of the molecule is CC(=O)c1ccc(NC(=O)CC2CSc3nc(C(C)(C)C)cc(=O)n32)cc1. The van der Waals surface area contributed by atoms with Gasteiger partial charge in [0.25, 0.3) is 5.56 Å². The summed E-state index contributed by atoms with van der Waals surface area (Å²) in [6, 6.07) is 8.13. The Morgan fingerprint density at radius 2 is 1.93 bits per heavy atom. The van der Waals surface area contributed by atoms with Gasteiger partial charge in [-0.15, -0.1) is 0 Å². The maximum absolute atomic E-state index is 12.6. The second-order valence-corrected chi connectivity index (χ2v) is 8.72. The number of hydrogen-bond donors (Lipinski definition) is 1. The fourth-order valence-corrected chi connectivity index (χ4v) is 4.05. The van der Waals surface area contributed by atoms with Crippen molar-refractivity contribution in [2.75, 3.05) is 11.1 Å². The Morgan fingerprint density at radius 3 is 2.52 bits per heavy atom. The molecule has 1 aromatic carbocycles. The van der Waals surface area contributed by atoms with Crippen LogP contribution in [-0.4, -0.2) is 27.0 Å². The van der Waals surface area contributed by atoms with E-state index in [1.54, 1.807) is 34.9 Å². The fraction of sp³-hybridized carbons (Fsp3) is 0.400. The number of nitrogens with zero attached hydrogens (tertiary/aromatic N) is 2. The highest BCUT2D eigenvalue weighted by atomic mass is 32.2. The molecule has 1 amide bonds.